The van der Waals surface area contributed by atoms with Crippen molar-refractivity contribution in [2.75, 3.05) is 10.8 Å². The maximum atomic E-state index is 13.2. The summed E-state index contributed by atoms with van der Waals surface area (Å²) in [5.74, 6) is -0.464. The number of sulfonamides is 1. The van der Waals surface area contributed by atoms with Gasteiger partial charge in [0.25, 0.3) is 15.9 Å². The number of amides is 1. The SMILES string of the molecule is Cc1ccc(S(=O)(=O)N(CC(=O)NN=C2CCCC2)c2ccccc2)cc1. The van der Waals surface area contributed by atoms with E-state index in [0.717, 1.165) is 41.3 Å². The summed E-state index contributed by atoms with van der Waals surface area (Å²) in [7, 11) is -3.88. The number of anilines is 1. The van der Waals surface area contributed by atoms with Gasteiger partial charge in [0.15, 0.2) is 0 Å². The van der Waals surface area contributed by atoms with Gasteiger partial charge in [-0.3, -0.25) is 9.10 Å². The highest BCUT2D eigenvalue weighted by Crippen LogP contribution is 2.23. The number of para-hydroxylation sites is 1. The van der Waals surface area contributed by atoms with Crippen molar-refractivity contribution < 1.29 is 13.2 Å². The van der Waals surface area contributed by atoms with Gasteiger partial charge in [0, 0.05) is 5.71 Å². The van der Waals surface area contributed by atoms with E-state index < -0.39 is 15.9 Å². The topological polar surface area (TPSA) is 78.8 Å². The second kappa shape index (κ2) is 8.35. The first-order valence-corrected chi connectivity index (χ1v) is 10.4. The van der Waals surface area contributed by atoms with Crippen LogP contribution >= 0.6 is 0 Å². The number of nitrogens with zero attached hydrogens (tertiary/aromatic N) is 2. The highest BCUT2D eigenvalue weighted by Gasteiger charge is 2.27. The molecule has 2 aromatic rings. The summed E-state index contributed by atoms with van der Waals surface area (Å²) in [5, 5.41) is 4.13. The van der Waals surface area contributed by atoms with Gasteiger partial charge >= 0.3 is 0 Å². The molecule has 6 nitrogen and oxygen atoms in total. The Morgan fingerprint density at radius 3 is 2.30 bits per heavy atom. The zero-order chi connectivity index (χ0) is 19.3. The van der Waals surface area contributed by atoms with Crippen LogP contribution in [0.1, 0.15) is 31.2 Å². The second-order valence-electron chi connectivity index (χ2n) is 6.58. The molecule has 0 bridgehead atoms. The Morgan fingerprint density at radius 2 is 1.67 bits per heavy atom. The highest BCUT2D eigenvalue weighted by molar-refractivity contribution is 7.92. The van der Waals surface area contributed by atoms with E-state index in [0.29, 0.717) is 5.69 Å². The van der Waals surface area contributed by atoms with Crippen LogP contribution in [-0.2, 0) is 14.8 Å². The van der Waals surface area contributed by atoms with Gasteiger partial charge in [0.05, 0.1) is 10.6 Å². The molecule has 142 valence electrons. The first-order chi connectivity index (χ1) is 13.0. The third-order valence-electron chi connectivity index (χ3n) is 4.46. The standard InChI is InChI=1S/C20H23N3O3S/c1-16-11-13-19(14-12-16)27(25,26)23(18-9-3-2-4-10-18)15-20(24)22-21-17-7-5-6-8-17/h2-4,9-14H,5-8,15H2,1H3,(H,22,24). The number of aryl methyl sites for hydroxylation is 1. The van der Waals surface area contributed by atoms with Crippen LogP contribution in [0.25, 0.3) is 0 Å². The monoisotopic (exact) mass is 385 g/mol. The van der Waals surface area contributed by atoms with Crippen LogP contribution < -0.4 is 9.73 Å². The molecule has 7 heteroatoms. The average Bonchev–Trinajstić information content (AvgIpc) is 3.19. The lowest BCUT2D eigenvalue weighted by Crippen LogP contribution is -2.39. The first kappa shape index (κ1) is 19.1. The minimum atomic E-state index is -3.88. The van der Waals surface area contributed by atoms with Crippen LogP contribution in [0.2, 0.25) is 0 Å². The quantitative estimate of drug-likeness (QED) is 0.776. The van der Waals surface area contributed by atoms with Crippen LogP contribution in [0, 0.1) is 6.92 Å². The number of rotatable bonds is 6. The third-order valence-corrected chi connectivity index (χ3v) is 6.25. The first-order valence-electron chi connectivity index (χ1n) is 8.95. The Hall–Kier alpha value is -2.67. The van der Waals surface area contributed by atoms with Crippen LogP contribution in [0.15, 0.2) is 64.6 Å². The minimum Gasteiger partial charge on any atom is -0.271 e. The molecule has 0 saturated heterocycles. The van der Waals surface area contributed by atoms with Gasteiger partial charge in [-0.05, 0) is 56.9 Å². The van der Waals surface area contributed by atoms with E-state index in [1.165, 1.54) is 0 Å². The molecular weight excluding hydrogens is 362 g/mol. The molecule has 2 aromatic carbocycles. The number of hydrazone groups is 1. The highest BCUT2D eigenvalue weighted by atomic mass is 32.2. The van der Waals surface area contributed by atoms with Crippen LogP contribution in [0.5, 0.6) is 0 Å². The molecule has 1 amide bonds. The number of hydrogen-bond donors (Lipinski definition) is 1. The molecule has 1 N–H and O–H groups in total. The maximum absolute atomic E-state index is 13.2. The summed E-state index contributed by atoms with van der Waals surface area (Å²) in [6, 6.07) is 15.2. The van der Waals surface area contributed by atoms with E-state index in [1.807, 2.05) is 6.92 Å². The molecule has 27 heavy (non-hydrogen) atoms. The van der Waals surface area contributed by atoms with Crippen molar-refractivity contribution in [3.8, 4) is 0 Å². The van der Waals surface area contributed by atoms with E-state index in [-0.39, 0.29) is 11.4 Å². The fourth-order valence-corrected chi connectivity index (χ4v) is 4.37. The molecule has 0 heterocycles. The lowest BCUT2D eigenvalue weighted by Gasteiger charge is -2.23. The second-order valence-corrected chi connectivity index (χ2v) is 8.44. The van der Waals surface area contributed by atoms with Crippen molar-refractivity contribution in [3.05, 3.63) is 60.2 Å². The Balaban J connectivity index is 1.86. The lowest BCUT2D eigenvalue weighted by atomic mass is 10.2. The van der Waals surface area contributed by atoms with Crippen molar-refractivity contribution in [2.45, 2.75) is 37.5 Å². The van der Waals surface area contributed by atoms with E-state index in [2.05, 4.69) is 10.5 Å². The molecule has 0 spiro atoms. The Kier molecular flexibility index (Phi) is 5.91. The smallest absolute Gasteiger partial charge is 0.264 e. The van der Waals surface area contributed by atoms with Gasteiger partial charge in [-0.1, -0.05) is 35.9 Å². The summed E-state index contributed by atoms with van der Waals surface area (Å²) in [6.45, 7) is 1.55. The summed E-state index contributed by atoms with van der Waals surface area (Å²) >= 11 is 0. The molecular formula is C20H23N3O3S. The molecule has 0 radical (unpaired) electrons. The average molecular weight is 385 g/mol. The zero-order valence-electron chi connectivity index (χ0n) is 15.3. The summed E-state index contributed by atoms with van der Waals surface area (Å²) in [6.07, 6.45) is 3.91. The van der Waals surface area contributed by atoms with Crippen LogP contribution in [0.4, 0.5) is 5.69 Å². The number of nitrogens with one attached hydrogen (secondary N) is 1. The molecule has 1 saturated carbocycles. The predicted molar refractivity (Wildman–Crippen MR) is 106 cm³/mol. The summed E-state index contributed by atoms with van der Waals surface area (Å²) in [5.41, 5.74) is 4.85. The van der Waals surface area contributed by atoms with Gasteiger partial charge in [0.2, 0.25) is 0 Å². The van der Waals surface area contributed by atoms with E-state index >= 15 is 0 Å². The Morgan fingerprint density at radius 1 is 1.04 bits per heavy atom. The lowest BCUT2D eigenvalue weighted by molar-refractivity contribution is -0.119. The van der Waals surface area contributed by atoms with Crippen LogP contribution in [-0.4, -0.2) is 26.6 Å². The largest absolute Gasteiger partial charge is 0.271 e. The number of hydrogen-bond acceptors (Lipinski definition) is 4. The summed E-state index contributed by atoms with van der Waals surface area (Å²) in [4.78, 5) is 12.5. The van der Waals surface area contributed by atoms with Gasteiger partial charge in [-0.2, -0.15) is 5.10 Å². The molecule has 3 rings (SSSR count). The molecule has 1 fully saturated rings. The van der Waals surface area contributed by atoms with Crippen LogP contribution in [0.3, 0.4) is 0 Å². The molecule has 0 aromatic heterocycles. The molecule has 0 aliphatic heterocycles. The van der Waals surface area contributed by atoms with E-state index in [4.69, 9.17) is 0 Å². The number of carbonyl (C=O) groups excluding carboxylic acids is 1. The van der Waals surface area contributed by atoms with E-state index in [1.54, 1.807) is 54.6 Å². The van der Waals surface area contributed by atoms with Crippen molar-refractivity contribution >= 4 is 27.3 Å². The van der Waals surface area contributed by atoms with Crippen molar-refractivity contribution in [2.24, 2.45) is 5.10 Å². The van der Waals surface area contributed by atoms with Gasteiger partial charge < -0.3 is 0 Å². The van der Waals surface area contributed by atoms with Gasteiger partial charge in [-0.15, -0.1) is 0 Å². The molecule has 0 atom stereocenters. The fourth-order valence-electron chi connectivity index (χ4n) is 2.95. The van der Waals surface area contributed by atoms with Gasteiger partial charge in [-0.25, -0.2) is 13.8 Å². The Bertz CT molecular complexity index is 915. The fraction of sp³-hybridized carbons (Fsp3) is 0.300. The molecule has 1 aliphatic carbocycles. The normalized spacial score (nSPS) is 14.0. The maximum Gasteiger partial charge on any atom is 0.264 e. The number of benzene rings is 2. The minimum absolute atomic E-state index is 0.145. The van der Waals surface area contributed by atoms with Crippen molar-refractivity contribution in [3.63, 3.8) is 0 Å². The predicted octanol–water partition coefficient (Wildman–Crippen LogP) is 3.24. The van der Waals surface area contributed by atoms with E-state index in [9.17, 15) is 13.2 Å². The zero-order valence-corrected chi connectivity index (χ0v) is 16.1. The van der Waals surface area contributed by atoms with Crippen molar-refractivity contribution in [1.82, 2.24) is 5.43 Å². The molecule has 0 unspecified atom stereocenters. The summed E-state index contributed by atoms with van der Waals surface area (Å²) < 4.78 is 27.4. The van der Waals surface area contributed by atoms with Gasteiger partial charge in [0.1, 0.15) is 6.54 Å². The van der Waals surface area contributed by atoms with Crippen molar-refractivity contribution in [1.29, 1.82) is 0 Å². The Labute approximate surface area is 159 Å². The third kappa shape index (κ3) is 4.74. The molecule has 1 aliphatic rings. The number of carbonyl (C=O) groups is 1.